The van der Waals surface area contributed by atoms with Crippen LogP contribution >= 0.6 is 23.1 Å². The summed E-state index contributed by atoms with van der Waals surface area (Å²) in [4.78, 5) is 12.1. The van der Waals surface area contributed by atoms with Crippen molar-refractivity contribution in [3.05, 3.63) is 23.2 Å². The monoisotopic (exact) mass is 419 g/mol. The zero-order valence-corrected chi connectivity index (χ0v) is 16.8. The third-order valence-corrected chi connectivity index (χ3v) is 5.33. The number of benzene rings is 1. The first-order valence-electron chi connectivity index (χ1n) is 8.55. The first kappa shape index (κ1) is 18.7. The number of carbonyl (C=O) groups is 1. The molecule has 0 fully saturated rings. The van der Waals surface area contributed by atoms with Crippen LogP contribution in [0.5, 0.6) is 11.5 Å². The first-order chi connectivity index (χ1) is 13.6. The molecule has 0 saturated heterocycles. The Bertz CT molecular complexity index is 988. The minimum absolute atomic E-state index is 0.127. The molecule has 1 aromatic carbocycles. The van der Waals surface area contributed by atoms with E-state index in [0.717, 1.165) is 28.8 Å². The molecule has 4 rings (SSSR count). The smallest absolute Gasteiger partial charge is 0.277 e. The van der Waals surface area contributed by atoms with Crippen LogP contribution in [0.1, 0.15) is 18.9 Å². The van der Waals surface area contributed by atoms with Crippen LogP contribution in [-0.4, -0.2) is 38.8 Å². The minimum atomic E-state index is -0.208. The molecular formula is C17H17N5O4S2. The molecule has 3 aromatic rings. The average Bonchev–Trinajstić information content (AvgIpc) is 3.39. The Balaban J connectivity index is 1.32. The number of thioether (sulfide) groups is 1. The van der Waals surface area contributed by atoms with E-state index < -0.39 is 0 Å². The van der Waals surface area contributed by atoms with Crippen LogP contribution in [0.25, 0.3) is 11.5 Å². The number of amides is 1. The molecule has 0 radical (unpaired) electrons. The van der Waals surface area contributed by atoms with E-state index in [0.29, 0.717) is 33.7 Å². The predicted octanol–water partition coefficient (Wildman–Crippen LogP) is 3.25. The Morgan fingerprint density at radius 2 is 2.07 bits per heavy atom. The zero-order valence-electron chi connectivity index (χ0n) is 15.2. The van der Waals surface area contributed by atoms with E-state index in [2.05, 4.69) is 39.6 Å². The van der Waals surface area contributed by atoms with Gasteiger partial charge in [-0.05, 0) is 24.1 Å². The normalized spacial score (nSPS) is 12.5. The van der Waals surface area contributed by atoms with Crippen LogP contribution in [0.4, 0.5) is 5.13 Å². The summed E-state index contributed by atoms with van der Waals surface area (Å²) in [5, 5.41) is 20.5. The van der Waals surface area contributed by atoms with Gasteiger partial charge in [0.25, 0.3) is 5.22 Å². The highest BCUT2D eigenvalue weighted by Gasteiger charge is 2.17. The molecule has 3 heterocycles. The van der Waals surface area contributed by atoms with Gasteiger partial charge in [0.2, 0.25) is 23.7 Å². The zero-order chi connectivity index (χ0) is 19.5. The molecule has 1 aliphatic heterocycles. The van der Waals surface area contributed by atoms with E-state index in [-0.39, 0.29) is 18.5 Å². The number of carbonyl (C=O) groups excluding carboxylic acids is 1. The third kappa shape index (κ3) is 4.42. The molecule has 0 saturated carbocycles. The highest BCUT2D eigenvalue weighted by atomic mass is 32.2. The van der Waals surface area contributed by atoms with Crippen molar-refractivity contribution in [1.29, 1.82) is 0 Å². The average molecular weight is 419 g/mol. The van der Waals surface area contributed by atoms with E-state index in [1.807, 2.05) is 6.07 Å². The lowest BCUT2D eigenvalue weighted by molar-refractivity contribution is -0.113. The summed E-state index contributed by atoms with van der Waals surface area (Å²) in [7, 11) is 0. The van der Waals surface area contributed by atoms with E-state index in [9.17, 15) is 4.79 Å². The van der Waals surface area contributed by atoms with Gasteiger partial charge in [-0.3, -0.25) is 10.1 Å². The Labute approximate surface area is 168 Å². The summed E-state index contributed by atoms with van der Waals surface area (Å²) < 4.78 is 16.2. The van der Waals surface area contributed by atoms with Gasteiger partial charge < -0.3 is 13.9 Å². The van der Waals surface area contributed by atoms with E-state index >= 15 is 0 Å². The quantitative estimate of drug-likeness (QED) is 0.577. The van der Waals surface area contributed by atoms with Crippen molar-refractivity contribution in [3.63, 3.8) is 0 Å². The molecule has 0 atom stereocenters. The molecule has 1 aliphatic rings. The molecule has 0 bridgehead atoms. The summed E-state index contributed by atoms with van der Waals surface area (Å²) >= 11 is 2.54. The third-order valence-electron chi connectivity index (χ3n) is 3.65. The lowest BCUT2D eigenvalue weighted by Gasteiger charge is -1.99. The second kappa shape index (κ2) is 8.15. The van der Waals surface area contributed by atoms with Gasteiger partial charge in [0, 0.05) is 12.0 Å². The van der Waals surface area contributed by atoms with Crippen molar-refractivity contribution in [1.82, 2.24) is 20.4 Å². The fraction of sp³-hybridized carbons (Fsp3) is 0.353. The molecule has 0 spiro atoms. The summed E-state index contributed by atoms with van der Waals surface area (Å²) in [5.41, 5.74) is 0.722. The fourth-order valence-electron chi connectivity index (χ4n) is 2.43. The van der Waals surface area contributed by atoms with E-state index in [1.165, 1.54) is 11.3 Å². The highest BCUT2D eigenvalue weighted by molar-refractivity contribution is 7.99. The fourth-order valence-corrected chi connectivity index (χ4v) is 3.96. The molecule has 28 heavy (non-hydrogen) atoms. The number of nitrogens with one attached hydrogen (secondary N) is 1. The Morgan fingerprint density at radius 3 is 2.93 bits per heavy atom. The number of aromatic nitrogens is 4. The number of rotatable bonds is 7. The van der Waals surface area contributed by atoms with Crippen LogP contribution in [0, 0.1) is 5.92 Å². The second-order valence-electron chi connectivity index (χ2n) is 6.38. The molecular weight excluding hydrogens is 402 g/mol. The van der Waals surface area contributed by atoms with Crippen molar-refractivity contribution < 1.29 is 18.7 Å². The van der Waals surface area contributed by atoms with Gasteiger partial charge in [-0.25, -0.2) is 0 Å². The van der Waals surface area contributed by atoms with Crippen LogP contribution in [0.2, 0.25) is 0 Å². The van der Waals surface area contributed by atoms with Gasteiger partial charge >= 0.3 is 0 Å². The largest absolute Gasteiger partial charge is 0.454 e. The van der Waals surface area contributed by atoms with Crippen molar-refractivity contribution in [2.75, 3.05) is 17.9 Å². The highest BCUT2D eigenvalue weighted by Crippen LogP contribution is 2.36. The molecule has 0 unspecified atom stereocenters. The summed E-state index contributed by atoms with van der Waals surface area (Å²) in [6.45, 7) is 4.42. The maximum atomic E-state index is 12.1. The Hall–Kier alpha value is -2.66. The molecule has 11 heteroatoms. The Morgan fingerprint density at radius 1 is 1.21 bits per heavy atom. The molecule has 2 aromatic heterocycles. The SMILES string of the molecule is CC(C)Cc1nnc(NC(=O)CSc2nnc(-c3ccc4c(c3)OCO4)o2)s1. The summed E-state index contributed by atoms with van der Waals surface area (Å²) in [6, 6.07) is 5.38. The van der Waals surface area contributed by atoms with Crippen molar-refractivity contribution in [3.8, 4) is 23.0 Å². The van der Waals surface area contributed by atoms with E-state index in [1.54, 1.807) is 12.1 Å². The van der Waals surface area contributed by atoms with Gasteiger partial charge in [0.05, 0.1) is 5.75 Å². The lowest BCUT2D eigenvalue weighted by Crippen LogP contribution is -2.13. The van der Waals surface area contributed by atoms with Crippen LogP contribution < -0.4 is 14.8 Å². The minimum Gasteiger partial charge on any atom is -0.454 e. The molecule has 146 valence electrons. The number of hydrogen-bond acceptors (Lipinski definition) is 10. The van der Waals surface area contributed by atoms with Crippen molar-refractivity contribution in [2.45, 2.75) is 25.5 Å². The molecule has 9 nitrogen and oxygen atoms in total. The molecule has 1 N–H and O–H groups in total. The number of anilines is 1. The number of hydrogen-bond donors (Lipinski definition) is 1. The maximum absolute atomic E-state index is 12.1. The number of nitrogens with zero attached hydrogens (tertiary/aromatic N) is 4. The number of fused-ring (bicyclic) bond motifs is 1. The second-order valence-corrected chi connectivity index (χ2v) is 8.37. The van der Waals surface area contributed by atoms with Gasteiger partial charge in [-0.2, -0.15) is 0 Å². The van der Waals surface area contributed by atoms with Gasteiger partial charge in [-0.1, -0.05) is 36.9 Å². The van der Waals surface area contributed by atoms with E-state index in [4.69, 9.17) is 13.9 Å². The van der Waals surface area contributed by atoms with Gasteiger partial charge in [-0.15, -0.1) is 20.4 Å². The van der Waals surface area contributed by atoms with Crippen LogP contribution in [0.3, 0.4) is 0 Å². The van der Waals surface area contributed by atoms with Gasteiger partial charge in [0.15, 0.2) is 11.5 Å². The standard InChI is InChI=1S/C17H17N5O4S2/c1-9(2)5-14-19-21-16(28-14)18-13(23)7-27-17-22-20-15(26-17)10-3-4-11-12(6-10)25-8-24-11/h3-4,6,9H,5,7-8H2,1-2H3,(H,18,21,23). The molecule has 0 aliphatic carbocycles. The van der Waals surface area contributed by atoms with Crippen LogP contribution in [0.15, 0.2) is 27.8 Å². The van der Waals surface area contributed by atoms with Crippen LogP contribution in [-0.2, 0) is 11.2 Å². The first-order valence-corrected chi connectivity index (χ1v) is 10.4. The van der Waals surface area contributed by atoms with Crippen molar-refractivity contribution in [2.24, 2.45) is 5.92 Å². The van der Waals surface area contributed by atoms with Gasteiger partial charge in [0.1, 0.15) is 5.01 Å². The topological polar surface area (TPSA) is 112 Å². The predicted molar refractivity (Wildman–Crippen MR) is 104 cm³/mol. The van der Waals surface area contributed by atoms with Crippen molar-refractivity contribution >= 4 is 34.1 Å². The summed E-state index contributed by atoms with van der Waals surface area (Å²) in [6.07, 6.45) is 0.840. The maximum Gasteiger partial charge on any atom is 0.277 e. The Kier molecular flexibility index (Phi) is 5.44. The molecule has 1 amide bonds. The lowest BCUT2D eigenvalue weighted by atomic mass is 10.1. The summed E-state index contributed by atoms with van der Waals surface area (Å²) in [5.74, 6) is 2.08. The number of ether oxygens (including phenoxy) is 2.